The number of ether oxygens (including phenoxy) is 2. The summed E-state index contributed by atoms with van der Waals surface area (Å²) in [5.74, 6) is 9.68. The minimum absolute atomic E-state index is 0.114. The highest BCUT2D eigenvalue weighted by Crippen LogP contribution is 2.40. The first-order chi connectivity index (χ1) is 9.71. The first kappa shape index (κ1) is 15.8. The van der Waals surface area contributed by atoms with E-state index in [9.17, 15) is 0 Å². The Morgan fingerprint density at radius 1 is 1.20 bits per heavy atom. The summed E-state index contributed by atoms with van der Waals surface area (Å²) in [6.07, 6.45) is 0. The molecular formula is C14H22N2O2S2. The molecule has 1 aliphatic heterocycles. The number of hydrazine groups is 1. The van der Waals surface area contributed by atoms with E-state index in [1.165, 1.54) is 11.5 Å². The van der Waals surface area contributed by atoms with Gasteiger partial charge in [-0.3, -0.25) is 11.3 Å². The van der Waals surface area contributed by atoms with Crippen molar-refractivity contribution >= 4 is 23.5 Å². The van der Waals surface area contributed by atoms with E-state index in [4.69, 9.17) is 15.3 Å². The zero-order valence-corrected chi connectivity index (χ0v) is 13.7. The maximum absolute atomic E-state index is 5.82. The molecule has 20 heavy (non-hydrogen) atoms. The summed E-state index contributed by atoms with van der Waals surface area (Å²) < 4.78 is 10.7. The summed E-state index contributed by atoms with van der Waals surface area (Å²) in [5, 5.41) is 1.03. The monoisotopic (exact) mass is 314 g/mol. The van der Waals surface area contributed by atoms with Crippen molar-refractivity contribution in [1.82, 2.24) is 5.43 Å². The van der Waals surface area contributed by atoms with Gasteiger partial charge in [-0.05, 0) is 17.7 Å². The summed E-state index contributed by atoms with van der Waals surface area (Å²) in [5.41, 5.74) is 4.11. The third kappa shape index (κ3) is 3.36. The number of benzene rings is 1. The minimum atomic E-state index is 0.114. The Kier molecular flexibility index (Phi) is 5.89. The summed E-state index contributed by atoms with van der Waals surface area (Å²) in [6, 6.07) is 6.11. The molecule has 0 aliphatic carbocycles. The molecule has 0 aromatic heterocycles. The van der Waals surface area contributed by atoms with E-state index in [-0.39, 0.29) is 6.04 Å². The Morgan fingerprint density at radius 3 is 2.50 bits per heavy atom. The molecule has 2 rings (SSSR count). The van der Waals surface area contributed by atoms with Crippen LogP contribution in [0.25, 0.3) is 0 Å². The van der Waals surface area contributed by atoms with E-state index in [0.717, 1.165) is 17.1 Å². The summed E-state index contributed by atoms with van der Waals surface area (Å²) in [7, 11) is 3.30. The van der Waals surface area contributed by atoms with E-state index in [2.05, 4.69) is 18.4 Å². The fourth-order valence-corrected chi connectivity index (χ4v) is 5.37. The number of rotatable bonds is 5. The van der Waals surface area contributed by atoms with Crippen molar-refractivity contribution in [3.8, 4) is 11.5 Å². The Balaban J connectivity index is 2.26. The quantitative estimate of drug-likeness (QED) is 0.643. The van der Waals surface area contributed by atoms with Gasteiger partial charge in [-0.1, -0.05) is 13.0 Å². The second-order valence-corrected chi connectivity index (χ2v) is 7.44. The first-order valence-electron chi connectivity index (χ1n) is 6.62. The van der Waals surface area contributed by atoms with Gasteiger partial charge in [0, 0.05) is 22.0 Å². The lowest BCUT2D eigenvalue weighted by Crippen LogP contribution is -2.40. The third-order valence-electron chi connectivity index (χ3n) is 3.51. The van der Waals surface area contributed by atoms with Crippen LogP contribution in [0.15, 0.2) is 18.2 Å². The van der Waals surface area contributed by atoms with Crippen molar-refractivity contribution in [2.45, 2.75) is 23.5 Å². The van der Waals surface area contributed by atoms with Gasteiger partial charge in [0.1, 0.15) is 0 Å². The molecule has 1 saturated heterocycles. The van der Waals surface area contributed by atoms with Crippen molar-refractivity contribution in [3.05, 3.63) is 23.8 Å². The molecule has 0 saturated carbocycles. The molecule has 1 aliphatic rings. The van der Waals surface area contributed by atoms with Crippen LogP contribution in [0.3, 0.4) is 0 Å². The molecular weight excluding hydrogens is 292 g/mol. The molecule has 112 valence electrons. The minimum Gasteiger partial charge on any atom is -0.493 e. The van der Waals surface area contributed by atoms with Crippen LogP contribution >= 0.6 is 23.5 Å². The largest absolute Gasteiger partial charge is 0.493 e. The van der Waals surface area contributed by atoms with Crippen LogP contribution in [-0.2, 0) is 0 Å². The molecule has 0 amide bonds. The number of nitrogens with one attached hydrogen (secondary N) is 1. The third-order valence-corrected chi connectivity index (χ3v) is 6.71. The number of hydrogen-bond donors (Lipinski definition) is 2. The Hall–Kier alpha value is -0.560. The maximum atomic E-state index is 5.82. The number of hydrogen-bond acceptors (Lipinski definition) is 6. The highest BCUT2D eigenvalue weighted by atomic mass is 32.2. The Labute approximate surface area is 129 Å². The van der Waals surface area contributed by atoms with Crippen molar-refractivity contribution in [3.63, 3.8) is 0 Å². The molecule has 0 bridgehead atoms. The maximum Gasteiger partial charge on any atom is 0.161 e. The van der Waals surface area contributed by atoms with E-state index < -0.39 is 0 Å². The molecule has 0 radical (unpaired) electrons. The second-order valence-electron chi connectivity index (χ2n) is 4.67. The van der Waals surface area contributed by atoms with Crippen molar-refractivity contribution in [2.24, 2.45) is 5.84 Å². The van der Waals surface area contributed by atoms with Gasteiger partial charge < -0.3 is 9.47 Å². The van der Waals surface area contributed by atoms with Crippen LogP contribution in [0.4, 0.5) is 0 Å². The SMILES string of the molecule is COc1ccc(C(NN)C2SCCSC2C)cc1OC. The number of nitrogens with two attached hydrogens (primary N) is 1. The molecule has 3 atom stereocenters. The number of thioether (sulfide) groups is 2. The van der Waals surface area contributed by atoms with Gasteiger partial charge in [-0.25, -0.2) is 0 Å². The molecule has 1 fully saturated rings. The van der Waals surface area contributed by atoms with Gasteiger partial charge >= 0.3 is 0 Å². The van der Waals surface area contributed by atoms with Gasteiger partial charge in [0.15, 0.2) is 11.5 Å². The van der Waals surface area contributed by atoms with Crippen LogP contribution in [0, 0.1) is 0 Å². The molecule has 3 unspecified atom stereocenters. The fourth-order valence-electron chi connectivity index (χ4n) is 2.44. The average molecular weight is 314 g/mol. The molecule has 0 spiro atoms. The summed E-state index contributed by atoms with van der Waals surface area (Å²) in [4.78, 5) is 0. The summed E-state index contributed by atoms with van der Waals surface area (Å²) >= 11 is 4.00. The molecule has 1 aromatic carbocycles. The van der Waals surface area contributed by atoms with Crippen LogP contribution in [-0.4, -0.2) is 36.2 Å². The average Bonchev–Trinajstić information content (AvgIpc) is 2.49. The van der Waals surface area contributed by atoms with Gasteiger partial charge in [0.05, 0.1) is 20.3 Å². The molecule has 1 heterocycles. The second kappa shape index (κ2) is 7.45. The molecule has 1 aromatic rings. The predicted molar refractivity (Wildman–Crippen MR) is 87.8 cm³/mol. The number of methoxy groups -OCH3 is 2. The smallest absolute Gasteiger partial charge is 0.161 e. The molecule has 6 heteroatoms. The van der Waals surface area contributed by atoms with E-state index in [0.29, 0.717) is 10.5 Å². The topological polar surface area (TPSA) is 56.5 Å². The standard InChI is InChI=1S/C14H22N2O2S2/c1-9-14(20-7-6-19-9)13(16-15)10-4-5-11(17-2)12(8-10)18-3/h4-5,8-9,13-14,16H,6-7,15H2,1-3H3. The predicted octanol–water partition coefficient (Wildman–Crippen LogP) is 2.45. The Bertz CT molecular complexity index is 445. The van der Waals surface area contributed by atoms with E-state index >= 15 is 0 Å². The summed E-state index contributed by atoms with van der Waals surface area (Å²) in [6.45, 7) is 2.27. The first-order valence-corrected chi connectivity index (χ1v) is 8.72. The highest BCUT2D eigenvalue weighted by Gasteiger charge is 2.31. The normalized spacial score (nSPS) is 24.2. The molecule has 3 N–H and O–H groups in total. The Morgan fingerprint density at radius 2 is 1.90 bits per heavy atom. The van der Waals surface area contributed by atoms with Crippen LogP contribution in [0.2, 0.25) is 0 Å². The van der Waals surface area contributed by atoms with Gasteiger partial charge in [0.2, 0.25) is 0 Å². The van der Waals surface area contributed by atoms with Crippen LogP contribution < -0.4 is 20.7 Å². The van der Waals surface area contributed by atoms with Gasteiger partial charge in [-0.2, -0.15) is 23.5 Å². The zero-order valence-electron chi connectivity index (χ0n) is 12.1. The lowest BCUT2D eigenvalue weighted by molar-refractivity contribution is 0.353. The van der Waals surface area contributed by atoms with Gasteiger partial charge in [0.25, 0.3) is 0 Å². The molecule has 4 nitrogen and oxygen atoms in total. The van der Waals surface area contributed by atoms with Crippen LogP contribution in [0.1, 0.15) is 18.5 Å². The lowest BCUT2D eigenvalue weighted by atomic mass is 10.0. The van der Waals surface area contributed by atoms with Crippen molar-refractivity contribution in [1.29, 1.82) is 0 Å². The van der Waals surface area contributed by atoms with Crippen molar-refractivity contribution in [2.75, 3.05) is 25.7 Å². The fraction of sp³-hybridized carbons (Fsp3) is 0.571. The van der Waals surface area contributed by atoms with Crippen molar-refractivity contribution < 1.29 is 9.47 Å². The van der Waals surface area contributed by atoms with E-state index in [1.54, 1.807) is 14.2 Å². The van der Waals surface area contributed by atoms with E-state index in [1.807, 2.05) is 35.7 Å². The van der Waals surface area contributed by atoms with Crippen LogP contribution in [0.5, 0.6) is 11.5 Å². The zero-order chi connectivity index (χ0) is 14.5. The van der Waals surface area contributed by atoms with Gasteiger partial charge in [-0.15, -0.1) is 0 Å². The highest BCUT2D eigenvalue weighted by molar-refractivity contribution is 8.07. The lowest BCUT2D eigenvalue weighted by Gasteiger charge is -2.34.